The van der Waals surface area contributed by atoms with Gasteiger partial charge < -0.3 is 11.1 Å². The van der Waals surface area contributed by atoms with Gasteiger partial charge in [-0.2, -0.15) is 5.26 Å². The van der Waals surface area contributed by atoms with Crippen LogP contribution in [0, 0.1) is 24.2 Å². The molecule has 1 aliphatic rings. The van der Waals surface area contributed by atoms with Crippen molar-refractivity contribution in [3.63, 3.8) is 0 Å². The lowest BCUT2D eigenvalue weighted by molar-refractivity contribution is 0.320. The fourth-order valence-electron chi connectivity index (χ4n) is 2.98. The quantitative estimate of drug-likeness (QED) is 0.870. The number of hydrogen-bond acceptors (Lipinski definition) is 3. The Morgan fingerprint density at radius 2 is 2.11 bits per heavy atom. The number of nitriles is 1. The molecule has 0 spiro atoms. The molecule has 1 fully saturated rings. The summed E-state index contributed by atoms with van der Waals surface area (Å²) in [5, 5.41) is 12.7. The number of nitrogens with two attached hydrogens (primary N) is 1. The van der Waals surface area contributed by atoms with Crippen molar-refractivity contribution in [3.8, 4) is 6.07 Å². The molecule has 0 aliphatic heterocycles. The highest BCUT2D eigenvalue weighted by atomic mass is 14.9. The van der Waals surface area contributed by atoms with E-state index in [0.717, 1.165) is 11.3 Å². The van der Waals surface area contributed by atoms with E-state index < -0.39 is 0 Å². The van der Waals surface area contributed by atoms with Gasteiger partial charge in [-0.1, -0.05) is 25.3 Å². The first-order valence-corrected chi connectivity index (χ1v) is 7.22. The van der Waals surface area contributed by atoms with Gasteiger partial charge in [0.05, 0.1) is 11.3 Å². The van der Waals surface area contributed by atoms with Gasteiger partial charge in [-0.15, -0.1) is 0 Å². The fraction of sp³-hybridized carbons (Fsp3) is 0.562. The van der Waals surface area contributed by atoms with Crippen molar-refractivity contribution in [2.24, 2.45) is 11.7 Å². The van der Waals surface area contributed by atoms with Gasteiger partial charge in [-0.3, -0.25) is 0 Å². The van der Waals surface area contributed by atoms with Crippen LogP contribution in [0.1, 0.15) is 43.2 Å². The molecular weight excluding hydrogens is 234 g/mol. The molecule has 1 aromatic rings. The highest BCUT2D eigenvalue weighted by Crippen LogP contribution is 2.28. The summed E-state index contributed by atoms with van der Waals surface area (Å²) in [7, 11) is 0. The normalized spacial score (nSPS) is 17.7. The molecule has 3 N–H and O–H groups in total. The maximum Gasteiger partial charge on any atom is 0.101 e. The second-order valence-electron chi connectivity index (χ2n) is 5.55. The van der Waals surface area contributed by atoms with Crippen molar-refractivity contribution in [2.45, 2.75) is 45.1 Å². The standard InChI is InChI=1S/C16H23N3/c1-12-7-8-15(14(9-12)10-17)19-16(11-18)13-5-3-2-4-6-13/h7-9,13,16,19H,2-6,11,18H2,1H3. The van der Waals surface area contributed by atoms with Crippen LogP contribution in [-0.4, -0.2) is 12.6 Å². The van der Waals surface area contributed by atoms with Gasteiger partial charge in [0.1, 0.15) is 6.07 Å². The Bertz CT molecular complexity index is 456. The molecule has 1 saturated carbocycles. The third-order valence-electron chi connectivity index (χ3n) is 4.11. The van der Waals surface area contributed by atoms with Gasteiger partial charge in [-0.05, 0) is 43.4 Å². The van der Waals surface area contributed by atoms with Crippen LogP contribution in [0.2, 0.25) is 0 Å². The number of rotatable bonds is 4. The number of anilines is 1. The van der Waals surface area contributed by atoms with E-state index in [9.17, 15) is 5.26 Å². The largest absolute Gasteiger partial charge is 0.380 e. The molecule has 2 rings (SSSR count). The van der Waals surface area contributed by atoms with E-state index in [2.05, 4.69) is 11.4 Å². The average Bonchev–Trinajstić information content (AvgIpc) is 2.46. The molecule has 0 amide bonds. The van der Waals surface area contributed by atoms with E-state index in [1.807, 2.05) is 25.1 Å². The smallest absolute Gasteiger partial charge is 0.101 e. The highest BCUT2D eigenvalue weighted by Gasteiger charge is 2.23. The Hall–Kier alpha value is -1.53. The molecular formula is C16H23N3. The zero-order chi connectivity index (χ0) is 13.7. The number of aryl methyl sites for hydroxylation is 1. The molecule has 0 heterocycles. The average molecular weight is 257 g/mol. The molecule has 1 aliphatic carbocycles. The van der Waals surface area contributed by atoms with Crippen LogP contribution in [0.3, 0.4) is 0 Å². The van der Waals surface area contributed by atoms with Gasteiger partial charge in [0.2, 0.25) is 0 Å². The second-order valence-corrected chi connectivity index (χ2v) is 5.55. The van der Waals surface area contributed by atoms with Crippen LogP contribution < -0.4 is 11.1 Å². The van der Waals surface area contributed by atoms with Crippen LogP contribution in [0.4, 0.5) is 5.69 Å². The number of benzene rings is 1. The highest BCUT2D eigenvalue weighted by molar-refractivity contribution is 5.59. The first-order chi connectivity index (χ1) is 9.24. The molecule has 0 bridgehead atoms. The molecule has 1 aromatic carbocycles. The molecule has 102 valence electrons. The van der Waals surface area contributed by atoms with Crippen molar-refractivity contribution in [2.75, 3.05) is 11.9 Å². The predicted octanol–water partition coefficient (Wildman–Crippen LogP) is 3.19. The van der Waals surface area contributed by atoms with E-state index >= 15 is 0 Å². The maximum atomic E-state index is 9.22. The van der Waals surface area contributed by atoms with Gasteiger partial charge >= 0.3 is 0 Å². The number of hydrogen-bond donors (Lipinski definition) is 2. The third-order valence-corrected chi connectivity index (χ3v) is 4.11. The molecule has 1 atom stereocenters. The second kappa shape index (κ2) is 6.58. The summed E-state index contributed by atoms with van der Waals surface area (Å²) in [6.07, 6.45) is 6.47. The minimum Gasteiger partial charge on any atom is -0.380 e. The lowest BCUT2D eigenvalue weighted by Crippen LogP contribution is -2.37. The van der Waals surface area contributed by atoms with E-state index in [1.165, 1.54) is 32.1 Å². The Labute approximate surface area is 115 Å². The summed E-state index contributed by atoms with van der Waals surface area (Å²) in [6, 6.07) is 8.52. The van der Waals surface area contributed by atoms with Crippen LogP contribution in [0.15, 0.2) is 18.2 Å². The van der Waals surface area contributed by atoms with Crippen LogP contribution >= 0.6 is 0 Å². The van der Waals surface area contributed by atoms with Crippen LogP contribution in [0.5, 0.6) is 0 Å². The molecule has 1 unspecified atom stereocenters. The first-order valence-electron chi connectivity index (χ1n) is 7.22. The van der Waals surface area contributed by atoms with Crippen molar-refractivity contribution in [1.82, 2.24) is 0 Å². The molecule has 19 heavy (non-hydrogen) atoms. The molecule has 0 radical (unpaired) electrons. The number of nitrogens with one attached hydrogen (secondary N) is 1. The van der Waals surface area contributed by atoms with Crippen molar-refractivity contribution >= 4 is 5.69 Å². The summed E-state index contributed by atoms with van der Waals surface area (Å²) in [4.78, 5) is 0. The zero-order valence-corrected chi connectivity index (χ0v) is 11.7. The molecule has 3 nitrogen and oxygen atoms in total. The maximum absolute atomic E-state index is 9.22. The zero-order valence-electron chi connectivity index (χ0n) is 11.7. The number of nitrogens with zero attached hydrogens (tertiary/aromatic N) is 1. The van der Waals surface area contributed by atoms with Crippen LogP contribution in [-0.2, 0) is 0 Å². The Kier molecular flexibility index (Phi) is 4.81. The third kappa shape index (κ3) is 3.48. The van der Waals surface area contributed by atoms with Crippen molar-refractivity contribution < 1.29 is 0 Å². The van der Waals surface area contributed by atoms with E-state index in [4.69, 9.17) is 5.73 Å². The summed E-state index contributed by atoms with van der Waals surface area (Å²) < 4.78 is 0. The summed E-state index contributed by atoms with van der Waals surface area (Å²) >= 11 is 0. The SMILES string of the molecule is Cc1ccc(NC(CN)C2CCCCC2)c(C#N)c1. The monoisotopic (exact) mass is 257 g/mol. The molecule has 3 heteroatoms. The van der Waals surface area contributed by atoms with Gasteiger partial charge in [0.25, 0.3) is 0 Å². The predicted molar refractivity (Wildman–Crippen MR) is 78.9 cm³/mol. The van der Waals surface area contributed by atoms with Crippen LogP contribution in [0.25, 0.3) is 0 Å². The topological polar surface area (TPSA) is 61.8 Å². The van der Waals surface area contributed by atoms with E-state index in [-0.39, 0.29) is 6.04 Å². The van der Waals surface area contributed by atoms with E-state index in [1.54, 1.807) is 0 Å². The fourth-order valence-corrected chi connectivity index (χ4v) is 2.98. The van der Waals surface area contributed by atoms with Crippen molar-refractivity contribution in [3.05, 3.63) is 29.3 Å². The lowest BCUT2D eigenvalue weighted by atomic mass is 9.83. The van der Waals surface area contributed by atoms with Gasteiger partial charge in [0.15, 0.2) is 0 Å². The lowest BCUT2D eigenvalue weighted by Gasteiger charge is -2.31. The molecule has 0 saturated heterocycles. The molecule has 0 aromatic heterocycles. The Morgan fingerprint density at radius 3 is 2.74 bits per heavy atom. The van der Waals surface area contributed by atoms with E-state index in [0.29, 0.717) is 18.0 Å². The summed E-state index contributed by atoms with van der Waals surface area (Å²) in [6.45, 7) is 2.63. The summed E-state index contributed by atoms with van der Waals surface area (Å²) in [5.41, 5.74) is 8.68. The Morgan fingerprint density at radius 1 is 1.37 bits per heavy atom. The first kappa shape index (κ1) is 13.9. The minimum absolute atomic E-state index is 0.287. The van der Waals surface area contributed by atoms with Gasteiger partial charge in [-0.25, -0.2) is 0 Å². The Balaban J connectivity index is 2.11. The minimum atomic E-state index is 0.287. The summed E-state index contributed by atoms with van der Waals surface area (Å²) in [5.74, 6) is 0.645. The van der Waals surface area contributed by atoms with Gasteiger partial charge in [0, 0.05) is 12.6 Å². The van der Waals surface area contributed by atoms with Crippen molar-refractivity contribution in [1.29, 1.82) is 5.26 Å².